The van der Waals surface area contributed by atoms with Crippen molar-refractivity contribution in [3.8, 4) is 0 Å². The third-order valence-corrected chi connectivity index (χ3v) is 16.1. The average Bonchev–Trinajstić information content (AvgIpc) is 3.46. The summed E-state index contributed by atoms with van der Waals surface area (Å²) in [5.41, 5.74) is 0. The molecule has 0 aromatic heterocycles. The van der Waals surface area contributed by atoms with Crippen LogP contribution in [0.4, 0.5) is 0 Å². The molecule has 0 amide bonds. The van der Waals surface area contributed by atoms with Gasteiger partial charge in [0.05, 0.1) is 0 Å². The lowest BCUT2D eigenvalue weighted by Gasteiger charge is -2.18. The van der Waals surface area contributed by atoms with E-state index in [0.717, 1.165) is 83.5 Å². The highest BCUT2D eigenvalue weighted by molar-refractivity contribution is 5.71. The Kier molecular flexibility index (Phi) is 66.6. The maximum atomic E-state index is 13.0. The van der Waals surface area contributed by atoms with E-state index in [9.17, 15) is 14.4 Å². The Morgan fingerprint density at radius 3 is 0.762 bits per heavy atom. The second-order valence-electron chi connectivity index (χ2n) is 24.1. The van der Waals surface area contributed by atoms with Crippen molar-refractivity contribution in [2.24, 2.45) is 0 Å². The normalized spacial score (nSPS) is 12.3. The molecular weight excluding hydrogens is 985 g/mol. The second kappa shape index (κ2) is 68.9. The van der Waals surface area contributed by atoms with E-state index >= 15 is 0 Å². The first-order valence-corrected chi connectivity index (χ1v) is 35.6. The number of ether oxygens (including phenoxy) is 3. The predicted molar refractivity (Wildman–Crippen MR) is 349 cm³/mol. The zero-order valence-electron chi connectivity index (χ0n) is 53.9. The van der Waals surface area contributed by atoms with Crippen molar-refractivity contribution in [3.05, 3.63) is 48.6 Å². The summed E-state index contributed by atoms with van der Waals surface area (Å²) in [6.45, 7) is 6.61. The van der Waals surface area contributed by atoms with Crippen molar-refractivity contribution in [1.82, 2.24) is 0 Å². The van der Waals surface area contributed by atoms with Crippen LogP contribution in [0.2, 0.25) is 0 Å². The Balaban J connectivity index is 4.25. The van der Waals surface area contributed by atoms with E-state index in [0.29, 0.717) is 19.3 Å². The van der Waals surface area contributed by atoms with Gasteiger partial charge in [-0.05, 0) is 57.8 Å². The molecule has 0 radical (unpaired) electrons. The van der Waals surface area contributed by atoms with Crippen LogP contribution in [0.3, 0.4) is 0 Å². The van der Waals surface area contributed by atoms with Crippen molar-refractivity contribution in [2.75, 3.05) is 13.2 Å². The van der Waals surface area contributed by atoms with Crippen LogP contribution >= 0.6 is 0 Å². The quantitative estimate of drug-likeness (QED) is 0.0261. The van der Waals surface area contributed by atoms with Crippen LogP contribution < -0.4 is 0 Å². The third-order valence-electron chi connectivity index (χ3n) is 16.1. The lowest BCUT2D eigenvalue weighted by Crippen LogP contribution is -2.30. The van der Waals surface area contributed by atoms with Crippen molar-refractivity contribution in [2.45, 2.75) is 393 Å². The number of carbonyl (C=O) groups is 3. The number of carbonyl (C=O) groups excluding carboxylic acids is 3. The van der Waals surface area contributed by atoms with E-state index in [-0.39, 0.29) is 31.1 Å². The van der Waals surface area contributed by atoms with E-state index in [1.165, 1.54) is 263 Å². The smallest absolute Gasteiger partial charge is 0.306 e. The molecule has 468 valence electrons. The Bertz CT molecular complexity index is 1380. The summed E-state index contributed by atoms with van der Waals surface area (Å²) >= 11 is 0. The molecule has 0 fully saturated rings. The fourth-order valence-electron chi connectivity index (χ4n) is 10.8. The van der Waals surface area contributed by atoms with Crippen LogP contribution in [-0.2, 0) is 28.6 Å². The first-order chi connectivity index (χ1) is 39.5. The number of hydrogen-bond donors (Lipinski definition) is 0. The van der Waals surface area contributed by atoms with Gasteiger partial charge in [0.1, 0.15) is 13.2 Å². The van der Waals surface area contributed by atoms with Crippen LogP contribution in [0.5, 0.6) is 0 Å². The molecule has 0 aromatic carbocycles. The number of allylic oxidation sites excluding steroid dienone is 8. The number of unbranched alkanes of at least 4 members (excludes halogenated alkanes) is 47. The van der Waals surface area contributed by atoms with Gasteiger partial charge in [0.2, 0.25) is 0 Å². The zero-order chi connectivity index (χ0) is 57.8. The van der Waals surface area contributed by atoms with Crippen LogP contribution in [0.1, 0.15) is 387 Å². The summed E-state index contributed by atoms with van der Waals surface area (Å²) in [5.74, 6) is -0.834. The van der Waals surface area contributed by atoms with Crippen molar-refractivity contribution >= 4 is 17.9 Å². The average molecular weight is 1120 g/mol. The van der Waals surface area contributed by atoms with Gasteiger partial charge < -0.3 is 14.2 Å². The van der Waals surface area contributed by atoms with Gasteiger partial charge in [-0.15, -0.1) is 0 Å². The third kappa shape index (κ3) is 66.2. The molecule has 1 atom stereocenters. The minimum absolute atomic E-state index is 0.0658. The topological polar surface area (TPSA) is 78.9 Å². The van der Waals surface area contributed by atoms with Gasteiger partial charge >= 0.3 is 17.9 Å². The molecule has 0 rings (SSSR count). The van der Waals surface area contributed by atoms with Gasteiger partial charge in [-0.3, -0.25) is 14.4 Å². The molecule has 0 heterocycles. The first-order valence-electron chi connectivity index (χ1n) is 35.6. The number of rotatable bonds is 66. The van der Waals surface area contributed by atoms with Gasteiger partial charge in [0, 0.05) is 19.3 Å². The molecular formula is C74H136O6. The van der Waals surface area contributed by atoms with E-state index in [1.54, 1.807) is 0 Å². The van der Waals surface area contributed by atoms with Crippen LogP contribution in [0.15, 0.2) is 48.6 Å². The molecule has 0 aliphatic heterocycles. The number of hydrogen-bond acceptors (Lipinski definition) is 6. The molecule has 0 N–H and O–H groups in total. The SMILES string of the molecule is CC/C=C\C/C=C\C/C=C\C/C=C\CCCCCCCCCCCCCCCCC(=O)OCC(COC(=O)CCCCCCCCCCCCCCCCCC)OC(=O)CCCCCCCCCCCCCCCCCCCCC. The molecule has 0 bridgehead atoms. The largest absolute Gasteiger partial charge is 0.462 e. The lowest BCUT2D eigenvalue weighted by molar-refractivity contribution is -0.167. The maximum Gasteiger partial charge on any atom is 0.306 e. The zero-order valence-corrected chi connectivity index (χ0v) is 53.9. The Morgan fingerprint density at radius 2 is 0.487 bits per heavy atom. The second-order valence-corrected chi connectivity index (χ2v) is 24.1. The summed E-state index contributed by atoms with van der Waals surface area (Å²) in [4.78, 5) is 38.5. The monoisotopic (exact) mass is 1120 g/mol. The molecule has 6 heteroatoms. The molecule has 1 unspecified atom stereocenters. The van der Waals surface area contributed by atoms with Gasteiger partial charge in [-0.25, -0.2) is 0 Å². The molecule has 0 aromatic rings. The summed E-state index contributed by atoms with van der Waals surface area (Å²) < 4.78 is 17.0. The van der Waals surface area contributed by atoms with Crippen molar-refractivity contribution < 1.29 is 28.6 Å². The van der Waals surface area contributed by atoms with E-state index in [2.05, 4.69) is 69.4 Å². The molecule has 0 saturated carbocycles. The molecule has 0 saturated heterocycles. The molecule has 0 aliphatic carbocycles. The minimum atomic E-state index is -0.770. The van der Waals surface area contributed by atoms with Gasteiger partial charge in [0.15, 0.2) is 6.10 Å². The first kappa shape index (κ1) is 77.4. The van der Waals surface area contributed by atoms with Crippen LogP contribution in [0.25, 0.3) is 0 Å². The highest BCUT2D eigenvalue weighted by Gasteiger charge is 2.19. The standard InChI is InChI=1S/C74H136O6/c1-4-7-10-13-16-19-22-25-28-31-33-34-35-36-37-38-39-40-42-43-46-49-52-55-58-61-64-67-73(76)79-70-71(69-78-72(75)66-63-60-57-54-51-48-45-30-27-24-21-18-15-12-9-6-3)80-74(77)68-65-62-59-56-53-50-47-44-41-32-29-26-23-20-17-14-11-8-5-2/h7,10,16,19,25,28,33-34,71H,4-6,8-9,11-15,17-18,20-24,26-27,29-32,35-70H2,1-3H3/b10-7-,19-16-,28-25-,34-33-. The van der Waals surface area contributed by atoms with Gasteiger partial charge in [-0.2, -0.15) is 0 Å². The fraction of sp³-hybridized carbons (Fsp3) is 0.851. The van der Waals surface area contributed by atoms with Crippen molar-refractivity contribution in [1.29, 1.82) is 0 Å². The molecule has 0 aliphatic rings. The minimum Gasteiger partial charge on any atom is -0.462 e. The summed E-state index contributed by atoms with van der Waals surface area (Å²) in [5, 5.41) is 0. The predicted octanol–water partition coefficient (Wildman–Crippen LogP) is 24.5. The van der Waals surface area contributed by atoms with Gasteiger partial charge in [-0.1, -0.05) is 358 Å². The van der Waals surface area contributed by atoms with Crippen molar-refractivity contribution in [3.63, 3.8) is 0 Å². The molecule has 80 heavy (non-hydrogen) atoms. The van der Waals surface area contributed by atoms with Gasteiger partial charge in [0.25, 0.3) is 0 Å². The van der Waals surface area contributed by atoms with Crippen LogP contribution in [0, 0.1) is 0 Å². The molecule has 0 spiro atoms. The lowest BCUT2D eigenvalue weighted by atomic mass is 10.0. The highest BCUT2D eigenvalue weighted by atomic mass is 16.6. The summed E-state index contributed by atoms with van der Waals surface area (Å²) in [6, 6.07) is 0. The summed E-state index contributed by atoms with van der Waals surface area (Å²) in [7, 11) is 0. The van der Waals surface area contributed by atoms with E-state index < -0.39 is 6.10 Å². The fourth-order valence-corrected chi connectivity index (χ4v) is 10.8. The summed E-state index contributed by atoms with van der Waals surface area (Å²) in [6.07, 6.45) is 87.1. The van der Waals surface area contributed by atoms with E-state index in [1.807, 2.05) is 0 Å². The Labute approximate surface area is 498 Å². The molecule has 6 nitrogen and oxygen atoms in total. The van der Waals surface area contributed by atoms with E-state index in [4.69, 9.17) is 14.2 Å². The highest BCUT2D eigenvalue weighted by Crippen LogP contribution is 2.19. The Morgan fingerprint density at radius 1 is 0.263 bits per heavy atom. The Hall–Kier alpha value is -2.63. The number of esters is 3. The van der Waals surface area contributed by atoms with Crippen LogP contribution in [-0.4, -0.2) is 37.2 Å². The maximum absolute atomic E-state index is 13.0.